The molecular formula is C14H19NO2. The van der Waals surface area contributed by atoms with Crippen LogP contribution in [0, 0.1) is 12.8 Å². The third kappa shape index (κ3) is 2.12. The molecule has 0 radical (unpaired) electrons. The lowest BCUT2D eigenvalue weighted by atomic mass is 9.90. The van der Waals surface area contributed by atoms with Gasteiger partial charge in [0.05, 0.1) is 0 Å². The maximum Gasteiger partial charge on any atom is 0.231 e. The van der Waals surface area contributed by atoms with Crippen LogP contribution in [-0.2, 0) is 6.42 Å². The maximum atomic E-state index is 5.52. The highest BCUT2D eigenvalue weighted by molar-refractivity contribution is 5.51. The van der Waals surface area contributed by atoms with Gasteiger partial charge in [0.15, 0.2) is 11.5 Å². The molecule has 1 fully saturated rings. The second-order valence-electron chi connectivity index (χ2n) is 5.00. The van der Waals surface area contributed by atoms with Crippen molar-refractivity contribution in [1.82, 2.24) is 5.32 Å². The summed E-state index contributed by atoms with van der Waals surface area (Å²) in [4.78, 5) is 0. The number of benzene rings is 1. The molecule has 1 saturated heterocycles. The average Bonchev–Trinajstić information content (AvgIpc) is 2.83. The van der Waals surface area contributed by atoms with Gasteiger partial charge in [-0.05, 0) is 62.4 Å². The number of piperidine rings is 1. The predicted molar refractivity (Wildman–Crippen MR) is 66.6 cm³/mol. The van der Waals surface area contributed by atoms with Crippen LogP contribution in [0.15, 0.2) is 12.1 Å². The van der Waals surface area contributed by atoms with Crippen LogP contribution in [-0.4, -0.2) is 19.9 Å². The molecule has 0 spiro atoms. The van der Waals surface area contributed by atoms with Crippen molar-refractivity contribution >= 4 is 0 Å². The standard InChI is InChI=1S/C14H19NO2/c1-10-12(7-11-3-2-6-15-8-11)4-5-13-14(10)17-9-16-13/h4-5,11,15H,2-3,6-9H2,1H3. The van der Waals surface area contributed by atoms with E-state index in [1.54, 1.807) is 0 Å². The third-order valence-corrected chi connectivity index (χ3v) is 3.81. The lowest BCUT2D eigenvalue weighted by Crippen LogP contribution is -2.30. The molecule has 0 amide bonds. The Morgan fingerprint density at radius 3 is 3.12 bits per heavy atom. The van der Waals surface area contributed by atoms with Gasteiger partial charge in [-0.15, -0.1) is 0 Å². The molecule has 2 aliphatic heterocycles. The van der Waals surface area contributed by atoms with Crippen LogP contribution in [0.4, 0.5) is 0 Å². The second-order valence-corrected chi connectivity index (χ2v) is 5.00. The topological polar surface area (TPSA) is 30.5 Å². The summed E-state index contributed by atoms with van der Waals surface area (Å²) < 4.78 is 10.9. The zero-order valence-electron chi connectivity index (χ0n) is 10.3. The molecule has 1 N–H and O–H groups in total. The quantitative estimate of drug-likeness (QED) is 0.850. The first-order valence-electron chi connectivity index (χ1n) is 6.43. The fourth-order valence-corrected chi connectivity index (χ4v) is 2.78. The van der Waals surface area contributed by atoms with Gasteiger partial charge in [0.2, 0.25) is 6.79 Å². The van der Waals surface area contributed by atoms with E-state index >= 15 is 0 Å². The van der Waals surface area contributed by atoms with E-state index < -0.39 is 0 Å². The van der Waals surface area contributed by atoms with Crippen LogP contribution in [0.2, 0.25) is 0 Å². The highest BCUT2D eigenvalue weighted by atomic mass is 16.7. The molecule has 0 saturated carbocycles. The summed E-state index contributed by atoms with van der Waals surface area (Å²) >= 11 is 0. The Balaban J connectivity index is 1.78. The maximum absolute atomic E-state index is 5.52. The monoisotopic (exact) mass is 233 g/mol. The second kappa shape index (κ2) is 4.57. The zero-order valence-corrected chi connectivity index (χ0v) is 10.3. The van der Waals surface area contributed by atoms with Crippen molar-refractivity contribution in [2.75, 3.05) is 19.9 Å². The van der Waals surface area contributed by atoms with Crippen LogP contribution >= 0.6 is 0 Å². The number of fused-ring (bicyclic) bond motifs is 1. The van der Waals surface area contributed by atoms with Crippen molar-refractivity contribution in [3.63, 3.8) is 0 Å². The van der Waals surface area contributed by atoms with Gasteiger partial charge in [-0.25, -0.2) is 0 Å². The highest BCUT2D eigenvalue weighted by Crippen LogP contribution is 2.37. The number of hydrogen-bond donors (Lipinski definition) is 1. The summed E-state index contributed by atoms with van der Waals surface area (Å²) in [6.45, 7) is 4.83. The molecular weight excluding hydrogens is 214 g/mol. The zero-order chi connectivity index (χ0) is 11.7. The first kappa shape index (κ1) is 10.9. The minimum Gasteiger partial charge on any atom is -0.454 e. The SMILES string of the molecule is Cc1c(CC2CCCNC2)ccc2c1OCO2. The van der Waals surface area contributed by atoms with Gasteiger partial charge in [-0.1, -0.05) is 6.07 Å². The van der Waals surface area contributed by atoms with Gasteiger partial charge < -0.3 is 14.8 Å². The van der Waals surface area contributed by atoms with E-state index in [0.29, 0.717) is 6.79 Å². The van der Waals surface area contributed by atoms with Crippen LogP contribution in [0.5, 0.6) is 11.5 Å². The lowest BCUT2D eigenvalue weighted by Gasteiger charge is -2.23. The van der Waals surface area contributed by atoms with Gasteiger partial charge in [0.25, 0.3) is 0 Å². The van der Waals surface area contributed by atoms with Crippen LogP contribution in [0.1, 0.15) is 24.0 Å². The fraction of sp³-hybridized carbons (Fsp3) is 0.571. The Labute approximate surface area is 102 Å². The van der Waals surface area contributed by atoms with Gasteiger partial charge >= 0.3 is 0 Å². The molecule has 3 nitrogen and oxygen atoms in total. The number of hydrogen-bond acceptors (Lipinski definition) is 3. The molecule has 2 heterocycles. The Kier molecular flexibility index (Phi) is 2.93. The van der Waals surface area contributed by atoms with E-state index in [1.165, 1.54) is 30.5 Å². The molecule has 2 aliphatic rings. The Morgan fingerprint density at radius 1 is 1.35 bits per heavy atom. The van der Waals surface area contributed by atoms with Crippen molar-refractivity contribution in [3.8, 4) is 11.5 Å². The minimum absolute atomic E-state index is 0.366. The van der Waals surface area contributed by atoms with Crippen LogP contribution in [0.3, 0.4) is 0 Å². The summed E-state index contributed by atoms with van der Waals surface area (Å²) in [7, 11) is 0. The summed E-state index contributed by atoms with van der Waals surface area (Å²) in [5.74, 6) is 2.61. The van der Waals surface area contributed by atoms with Crippen molar-refractivity contribution in [2.24, 2.45) is 5.92 Å². The molecule has 0 bridgehead atoms. The van der Waals surface area contributed by atoms with Crippen molar-refractivity contribution in [1.29, 1.82) is 0 Å². The summed E-state index contributed by atoms with van der Waals surface area (Å²) in [6.07, 6.45) is 3.78. The van der Waals surface area contributed by atoms with E-state index in [-0.39, 0.29) is 0 Å². The molecule has 17 heavy (non-hydrogen) atoms. The molecule has 92 valence electrons. The predicted octanol–water partition coefficient (Wildman–Crippen LogP) is 2.27. The Bertz CT molecular complexity index is 411. The van der Waals surface area contributed by atoms with Crippen molar-refractivity contribution in [3.05, 3.63) is 23.3 Å². The largest absolute Gasteiger partial charge is 0.454 e. The average molecular weight is 233 g/mol. The van der Waals surface area contributed by atoms with Gasteiger partial charge in [-0.3, -0.25) is 0 Å². The third-order valence-electron chi connectivity index (χ3n) is 3.81. The van der Waals surface area contributed by atoms with E-state index in [0.717, 1.165) is 30.4 Å². The molecule has 1 atom stereocenters. The summed E-state index contributed by atoms with van der Waals surface area (Å²) in [5.41, 5.74) is 2.66. The van der Waals surface area contributed by atoms with Gasteiger partial charge in [0, 0.05) is 0 Å². The molecule has 1 aromatic carbocycles. The smallest absolute Gasteiger partial charge is 0.231 e. The minimum atomic E-state index is 0.366. The van der Waals surface area contributed by atoms with E-state index in [1.807, 2.05) is 6.07 Å². The highest BCUT2D eigenvalue weighted by Gasteiger charge is 2.20. The van der Waals surface area contributed by atoms with Gasteiger partial charge in [0.1, 0.15) is 0 Å². The molecule has 0 aromatic heterocycles. The Morgan fingerprint density at radius 2 is 2.29 bits per heavy atom. The van der Waals surface area contributed by atoms with E-state index in [9.17, 15) is 0 Å². The fourth-order valence-electron chi connectivity index (χ4n) is 2.78. The first-order valence-corrected chi connectivity index (χ1v) is 6.43. The molecule has 1 unspecified atom stereocenters. The molecule has 1 aromatic rings. The molecule has 0 aliphatic carbocycles. The molecule has 3 heteroatoms. The van der Waals surface area contributed by atoms with Crippen LogP contribution < -0.4 is 14.8 Å². The number of rotatable bonds is 2. The van der Waals surface area contributed by atoms with Crippen molar-refractivity contribution < 1.29 is 9.47 Å². The lowest BCUT2D eigenvalue weighted by molar-refractivity contribution is 0.173. The molecule has 3 rings (SSSR count). The number of nitrogens with one attached hydrogen (secondary N) is 1. The number of ether oxygens (including phenoxy) is 2. The van der Waals surface area contributed by atoms with Crippen LogP contribution in [0.25, 0.3) is 0 Å². The van der Waals surface area contributed by atoms with Gasteiger partial charge in [-0.2, -0.15) is 0 Å². The normalized spacial score (nSPS) is 22.8. The van der Waals surface area contributed by atoms with Crippen molar-refractivity contribution in [2.45, 2.75) is 26.2 Å². The summed E-state index contributed by atoms with van der Waals surface area (Å²) in [6, 6.07) is 4.23. The summed E-state index contributed by atoms with van der Waals surface area (Å²) in [5, 5.41) is 3.47. The first-order chi connectivity index (χ1) is 8.34. The van der Waals surface area contributed by atoms with E-state index in [4.69, 9.17) is 9.47 Å². The Hall–Kier alpha value is -1.22. The van der Waals surface area contributed by atoms with E-state index in [2.05, 4.69) is 18.3 Å².